The molecule has 1 aliphatic carbocycles. The van der Waals surface area contributed by atoms with Crippen LogP contribution >= 0.6 is 0 Å². The molecule has 0 radical (unpaired) electrons. The summed E-state index contributed by atoms with van der Waals surface area (Å²) in [5, 5.41) is 19.9. The average molecular weight is 301 g/mol. The third-order valence-corrected chi connectivity index (χ3v) is 3.01. The van der Waals surface area contributed by atoms with Gasteiger partial charge in [0.05, 0.1) is 7.11 Å². The number of nitrogens with one attached hydrogen (secondary N) is 1. The molecular weight excluding hydrogens is 274 g/mol. The van der Waals surface area contributed by atoms with Gasteiger partial charge in [0.25, 0.3) is 0 Å². The maximum Gasteiger partial charge on any atom is 0.333 e. The van der Waals surface area contributed by atoms with Gasteiger partial charge in [0, 0.05) is 31.2 Å². The van der Waals surface area contributed by atoms with Crippen molar-refractivity contribution in [2.75, 3.05) is 13.7 Å². The molecule has 0 aromatic rings. The molecule has 0 aromatic carbocycles. The van der Waals surface area contributed by atoms with Gasteiger partial charge in [-0.3, -0.25) is 4.79 Å². The van der Waals surface area contributed by atoms with E-state index in [0.29, 0.717) is 24.8 Å². The third-order valence-electron chi connectivity index (χ3n) is 3.01. The zero-order valence-electron chi connectivity index (χ0n) is 13.3. The minimum Gasteiger partial charge on any atom is -0.466 e. The summed E-state index contributed by atoms with van der Waals surface area (Å²) in [6.45, 7) is 4.96. The molecule has 21 heavy (non-hydrogen) atoms. The van der Waals surface area contributed by atoms with Crippen molar-refractivity contribution in [2.24, 2.45) is 5.92 Å². The maximum absolute atomic E-state index is 11.4. The molecule has 0 spiro atoms. The molecule has 1 unspecified atom stereocenters. The first kappa shape index (κ1) is 19.6. The topological polar surface area (TPSA) is 95.9 Å². The Balaban J connectivity index is 0.000000885. The molecule has 122 valence electrons. The summed E-state index contributed by atoms with van der Waals surface area (Å²) >= 11 is 0. The summed E-state index contributed by atoms with van der Waals surface area (Å²) in [4.78, 5) is 22.5. The Morgan fingerprint density at radius 2 is 2.05 bits per heavy atom. The van der Waals surface area contributed by atoms with Crippen molar-refractivity contribution in [3.8, 4) is 0 Å². The summed E-state index contributed by atoms with van der Waals surface area (Å²) < 4.78 is 4.68. The molecule has 0 fully saturated rings. The SMILES string of the molecule is CC(C)O.COC(=O)C1=CCC(NC(C)=O)[C@@H](CCO)C1. The molecule has 1 aliphatic rings. The van der Waals surface area contributed by atoms with Crippen LogP contribution in [0.5, 0.6) is 0 Å². The number of aliphatic hydroxyl groups is 2. The van der Waals surface area contributed by atoms with Gasteiger partial charge in [-0.05, 0) is 39.0 Å². The second kappa shape index (κ2) is 10.3. The van der Waals surface area contributed by atoms with E-state index in [1.54, 1.807) is 19.9 Å². The van der Waals surface area contributed by atoms with E-state index in [1.165, 1.54) is 14.0 Å². The second-order valence-electron chi connectivity index (χ2n) is 5.33. The predicted octanol–water partition coefficient (Wildman–Crippen LogP) is 0.770. The quantitative estimate of drug-likeness (QED) is 0.667. The zero-order valence-corrected chi connectivity index (χ0v) is 13.3. The molecule has 6 heteroatoms. The fourth-order valence-electron chi connectivity index (χ4n) is 2.17. The van der Waals surface area contributed by atoms with Crippen molar-refractivity contribution in [3.63, 3.8) is 0 Å². The fraction of sp³-hybridized carbons (Fsp3) is 0.733. The smallest absolute Gasteiger partial charge is 0.333 e. The van der Waals surface area contributed by atoms with Crippen LogP contribution in [0.25, 0.3) is 0 Å². The molecule has 1 rings (SSSR count). The fourth-order valence-corrected chi connectivity index (χ4v) is 2.17. The number of hydrogen-bond acceptors (Lipinski definition) is 5. The van der Waals surface area contributed by atoms with Crippen LogP contribution in [0.2, 0.25) is 0 Å². The first-order valence-corrected chi connectivity index (χ1v) is 7.15. The number of hydrogen-bond donors (Lipinski definition) is 3. The summed E-state index contributed by atoms with van der Waals surface area (Å²) in [6, 6.07) is -0.00643. The van der Waals surface area contributed by atoms with Gasteiger partial charge in [-0.15, -0.1) is 0 Å². The van der Waals surface area contributed by atoms with Gasteiger partial charge >= 0.3 is 5.97 Å². The molecule has 0 aliphatic heterocycles. The zero-order chi connectivity index (χ0) is 16.4. The third kappa shape index (κ3) is 8.47. The van der Waals surface area contributed by atoms with Gasteiger partial charge in [-0.1, -0.05) is 6.08 Å². The van der Waals surface area contributed by atoms with E-state index in [-0.39, 0.29) is 36.5 Å². The lowest BCUT2D eigenvalue weighted by Gasteiger charge is -2.30. The molecule has 0 saturated carbocycles. The summed E-state index contributed by atoms with van der Waals surface area (Å²) in [7, 11) is 1.35. The number of methoxy groups -OCH3 is 1. The molecule has 0 aromatic heterocycles. The highest BCUT2D eigenvalue weighted by Gasteiger charge is 2.28. The highest BCUT2D eigenvalue weighted by molar-refractivity contribution is 5.88. The molecule has 0 heterocycles. The van der Waals surface area contributed by atoms with E-state index in [4.69, 9.17) is 10.2 Å². The van der Waals surface area contributed by atoms with Gasteiger partial charge in [0.15, 0.2) is 0 Å². The molecule has 1 amide bonds. The standard InChI is InChI=1S/C12H19NO4.C3H8O/c1-8(15)13-11-4-3-10(12(16)17-2)7-9(11)5-6-14;1-3(2)4/h3,9,11,14H,4-7H2,1-2H3,(H,13,15);3-4H,1-2H3/t9-,11?;/m0./s1. The Morgan fingerprint density at radius 3 is 2.48 bits per heavy atom. The molecule has 6 nitrogen and oxygen atoms in total. The first-order chi connectivity index (χ1) is 9.81. The Morgan fingerprint density at radius 1 is 1.48 bits per heavy atom. The Labute approximate surface area is 126 Å². The minimum atomic E-state index is -0.325. The lowest BCUT2D eigenvalue weighted by Crippen LogP contribution is -2.41. The van der Waals surface area contributed by atoms with Gasteiger partial charge in [-0.25, -0.2) is 4.79 Å². The van der Waals surface area contributed by atoms with E-state index < -0.39 is 0 Å². The molecule has 3 N–H and O–H groups in total. The van der Waals surface area contributed by atoms with Crippen molar-refractivity contribution in [1.29, 1.82) is 0 Å². The summed E-state index contributed by atoms with van der Waals surface area (Å²) in [5.74, 6) is -0.329. The van der Waals surface area contributed by atoms with Crippen molar-refractivity contribution < 1.29 is 24.5 Å². The second-order valence-corrected chi connectivity index (χ2v) is 5.33. The van der Waals surface area contributed by atoms with Crippen LogP contribution in [0.15, 0.2) is 11.6 Å². The summed E-state index contributed by atoms with van der Waals surface area (Å²) in [6.07, 6.45) is 3.35. The van der Waals surface area contributed by atoms with Crippen molar-refractivity contribution in [1.82, 2.24) is 5.32 Å². The maximum atomic E-state index is 11.4. The lowest BCUT2D eigenvalue weighted by molar-refractivity contribution is -0.136. The Kier molecular flexibility index (Phi) is 9.65. The van der Waals surface area contributed by atoms with Crippen LogP contribution in [0.4, 0.5) is 0 Å². The number of carbonyl (C=O) groups is 2. The number of aliphatic hydroxyl groups excluding tert-OH is 2. The van der Waals surface area contributed by atoms with Crippen LogP contribution in [0, 0.1) is 5.92 Å². The lowest BCUT2D eigenvalue weighted by atomic mass is 9.82. The highest BCUT2D eigenvalue weighted by Crippen LogP contribution is 2.27. The van der Waals surface area contributed by atoms with Crippen molar-refractivity contribution >= 4 is 11.9 Å². The number of esters is 1. The number of rotatable bonds is 4. The molecule has 2 atom stereocenters. The Bertz CT molecular complexity index is 362. The van der Waals surface area contributed by atoms with E-state index in [2.05, 4.69) is 10.1 Å². The van der Waals surface area contributed by atoms with E-state index in [9.17, 15) is 9.59 Å². The van der Waals surface area contributed by atoms with Crippen LogP contribution < -0.4 is 5.32 Å². The number of carbonyl (C=O) groups excluding carboxylic acids is 2. The minimum absolute atomic E-state index is 0.00643. The van der Waals surface area contributed by atoms with Crippen molar-refractivity contribution in [3.05, 3.63) is 11.6 Å². The van der Waals surface area contributed by atoms with Crippen LogP contribution in [0.3, 0.4) is 0 Å². The molecule has 0 saturated heterocycles. The number of amides is 1. The van der Waals surface area contributed by atoms with E-state index in [1.807, 2.05) is 0 Å². The predicted molar refractivity (Wildman–Crippen MR) is 79.5 cm³/mol. The van der Waals surface area contributed by atoms with Crippen molar-refractivity contribution in [2.45, 2.75) is 52.2 Å². The van der Waals surface area contributed by atoms with Gasteiger partial charge < -0.3 is 20.3 Å². The molecular formula is C15H27NO5. The first-order valence-electron chi connectivity index (χ1n) is 7.15. The van der Waals surface area contributed by atoms with E-state index >= 15 is 0 Å². The van der Waals surface area contributed by atoms with Gasteiger partial charge in [-0.2, -0.15) is 0 Å². The Hall–Kier alpha value is -1.40. The monoisotopic (exact) mass is 301 g/mol. The largest absolute Gasteiger partial charge is 0.466 e. The van der Waals surface area contributed by atoms with Crippen LogP contribution in [-0.2, 0) is 14.3 Å². The average Bonchev–Trinajstić information content (AvgIpc) is 2.39. The number of ether oxygens (including phenoxy) is 1. The van der Waals surface area contributed by atoms with Gasteiger partial charge in [0.2, 0.25) is 5.91 Å². The van der Waals surface area contributed by atoms with Crippen LogP contribution in [-0.4, -0.2) is 48.0 Å². The van der Waals surface area contributed by atoms with Crippen LogP contribution in [0.1, 0.15) is 40.0 Å². The van der Waals surface area contributed by atoms with E-state index in [0.717, 1.165) is 0 Å². The molecule has 0 bridgehead atoms. The summed E-state index contributed by atoms with van der Waals surface area (Å²) in [5.41, 5.74) is 0.632. The highest BCUT2D eigenvalue weighted by atomic mass is 16.5. The van der Waals surface area contributed by atoms with Gasteiger partial charge in [0.1, 0.15) is 0 Å². The normalized spacial score (nSPS) is 21.0.